The van der Waals surface area contributed by atoms with Gasteiger partial charge in [0.05, 0.1) is 0 Å². The van der Waals surface area contributed by atoms with Gasteiger partial charge in [0.2, 0.25) is 0 Å². The molecule has 0 spiro atoms. The van der Waals surface area contributed by atoms with Crippen molar-refractivity contribution >= 4 is 11.9 Å². The van der Waals surface area contributed by atoms with E-state index in [4.69, 9.17) is 0 Å². The van der Waals surface area contributed by atoms with E-state index in [0.717, 1.165) is 38.5 Å². The van der Waals surface area contributed by atoms with Crippen molar-refractivity contribution in [1.29, 1.82) is 0 Å². The van der Waals surface area contributed by atoms with Crippen LogP contribution in [0.15, 0.2) is 30.3 Å². The summed E-state index contributed by atoms with van der Waals surface area (Å²) in [4.78, 5) is 23.3. The van der Waals surface area contributed by atoms with Gasteiger partial charge in [0, 0.05) is 0 Å². The van der Waals surface area contributed by atoms with Gasteiger partial charge in [-0.3, -0.25) is 9.59 Å². The van der Waals surface area contributed by atoms with E-state index in [2.05, 4.69) is 19.1 Å². The Labute approximate surface area is 144 Å². The number of carboxylic acid groups (broad SMARTS) is 2. The van der Waals surface area contributed by atoms with E-state index in [1.165, 1.54) is 5.56 Å². The molecular weight excluding hydrogens is 304 g/mol. The van der Waals surface area contributed by atoms with Gasteiger partial charge >= 0.3 is 11.9 Å². The fraction of sp³-hybridized carbons (Fsp3) is 0.600. The molecule has 4 nitrogen and oxygen atoms in total. The smallest absolute Gasteiger partial charge is 0.321 e. The van der Waals surface area contributed by atoms with Crippen LogP contribution in [0.1, 0.15) is 70.3 Å². The van der Waals surface area contributed by atoms with Gasteiger partial charge < -0.3 is 10.2 Å². The van der Waals surface area contributed by atoms with Crippen LogP contribution in [0, 0.1) is 5.41 Å². The minimum Gasteiger partial charge on any atom is -0.480 e. The molecule has 0 heterocycles. The number of carboxylic acids is 2. The highest BCUT2D eigenvalue weighted by Crippen LogP contribution is 2.33. The average Bonchev–Trinajstić information content (AvgIpc) is 2.57. The molecule has 1 aromatic carbocycles. The van der Waals surface area contributed by atoms with Crippen molar-refractivity contribution in [1.82, 2.24) is 0 Å². The molecule has 0 aliphatic carbocycles. The Hall–Kier alpha value is -1.84. The van der Waals surface area contributed by atoms with Crippen molar-refractivity contribution in [3.8, 4) is 0 Å². The summed E-state index contributed by atoms with van der Waals surface area (Å²) in [6.07, 6.45) is 7.47. The maximum atomic E-state index is 11.6. The van der Waals surface area contributed by atoms with Crippen LogP contribution in [0.2, 0.25) is 0 Å². The van der Waals surface area contributed by atoms with Gasteiger partial charge in [0.25, 0.3) is 0 Å². The summed E-state index contributed by atoms with van der Waals surface area (Å²) in [6.45, 7) is 2.08. The standard InChI is InChI=1S/C20H30O4/c1-2-3-4-10-15-20(18(21)22,19(23)24)16-11-6-9-14-17-12-7-5-8-13-17/h5,7-8,12-13H,2-4,6,9-11,14-16H2,1H3,(H,21,22)(H,23,24). The van der Waals surface area contributed by atoms with Gasteiger partial charge in [0.15, 0.2) is 5.41 Å². The summed E-state index contributed by atoms with van der Waals surface area (Å²) in [7, 11) is 0. The second-order valence-corrected chi connectivity index (χ2v) is 6.55. The zero-order chi connectivity index (χ0) is 17.8. The molecule has 1 aromatic rings. The molecule has 2 N–H and O–H groups in total. The second kappa shape index (κ2) is 10.8. The zero-order valence-corrected chi connectivity index (χ0v) is 14.7. The minimum atomic E-state index is -1.61. The summed E-state index contributed by atoms with van der Waals surface area (Å²) < 4.78 is 0. The summed E-state index contributed by atoms with van der Waals surface area (Å²) in [5, 5.41) is 19.0. The predicted octanol–water partition coefficient (Wildman–Crippen LogP) is 4.92. The molecule has 0 atom stereocenters. The van der Waals surface area contributed by atoms with Crippen molar-refractivity contribution in [3.63, 3.8) is 0 Å². The maximum Gasteiger partial charge on any atom is 0.321 e. The zero-order valence-electron chi connectivity index (χ0n) is 14.7. The van der Waals surface area contributed by atoms with E-state index in [1.54, 1.807) is 0 Å². The molecule has 0 aliphatic rings. The quantitative estimate of drug-likeness (QED) is 0.397. The van der Waals surface area contributed by atoms with Gasteiger partial charge in [-0.2, -0.15) is 0 Å². The Morgan fingerprint density at radius 2 is 1.38 bits per heavy atom. The molecule has 1 rings (SSSR count). The maximum absolute atomic E-state index is 11.6. The normalized spacial score (nSPS) is 11.4. The highest BCUT2D eigenvalue weighted by molar-refractivity contribution is 5.98. The van der Waals surface area contributed by atoms with Gasteiger partial charge in [-0.1, -0.05) is 75.8 Å². The third kappa shape index (κ3) is 6.34. The van der Waals surface area contributed by atoms with Crippen molar-refractivity contribution in [3.05, 3.63) is 35.9 Å². The summed E-state index contributed by atoms with van der Waals surface area (Å²) in [5.41, 5.74) is -0.347. The lowest BCUT2D eigenvalue weighted by atomic mass is 9.78. The fourth-order valence-electron chi connectivity index (χ4n) is 3.08. The lowest BCUT2D eigenvalue weighted by Gasteiger charge is -2.25. The first-order valence-electron chi connectivity index (χ1n) is 9.03. The largest absolute Gasteiger partial charge is 0.480 e. The fourth-order valence-corrected chi connectivity index (χ4v) is 3.08. The van der Waals surface area contributed by atoms with E-state index in [-0.39, 0.29) is 12.8 Å². The van der Waals surface area contributed by atoms with Crippen LogP contribution in [0.3, 0.4) is 0 Å². The highest BCUT2D eigenvalue weighted by atomic mass is 16.4. The van der Waals surface area contributed by atoms with Crippen LogP contribution in [-0.4, -0.2) is 22.2 Å². The number of aliphatic carboxylic acids is 2. The summed E-state index contributed by atoms with van der Waals surface area (Å²) >= 11 is 0. The summed E-state index contributed by atoms with van der Waals surface area (Å²) in [5.74, 6) is -2.37. The van der Waals surface area contributed by atoms with E-state index in [1.807, 2.05) is 18.2 Å². The topological polar surface area (TPSA) is 74.6 Å². The second-order valence-electron chi connectivity index (χ2n) is 6.55. The number of hydrogen-bond donors (Lipinski definition) is 2. The molecule has 134 valence electrons. The lowest BCUT2D eigenvalue weighted by molar-refractivity contribution is -0.166. The van der Waals surface area contributed by atoms with Crippen LogP contribution in [0.25, 0.3) is 0 Å². The van der Waals surface area contributed by atoms with E-state index < -0.39 is 17.4 Å². The van der Waals surface area contributed by atoms with Crippen molar-refractivity contribution in [2.45, 2.75) is 71.1 Å². The number of rotatable bonds is 13. The molecule has 0 aromatic heterocycles. The minimum absolute atomic E-state index is 0.221. The van der Waals surface area contributed by atoms with Crippen LogP contribution < -0.4 is 0 Å². The molecule has 4 heteroatoms. The molecule has 0 saturated carbocycles. The third-order valence-corrected chi connectivity index (χ3v) is 4.69. The Bertz CT molecular complexity index is 482. The van der Waals surface area contributed by atoms with E-state index in [0.29, 0.717) is 12.8 Å². The number of hydrogen-bond acceptors (Lipinski definition) is 2. The lowest BCUT2D eigenvalue weighted by Crippen LogP contribution is -2.39. The van der Waals surface area contributed by atoms with E-state index >= 15 is 0 Å². The third-order valence-electron chi connectivity index (χ3n) is 4.69. The predicted molar refractivity (Wildman–Crippen MR) is 95.1 cm³/mol. The average molecular weight is 334 g/mol. The molecule has 0 fully saturated rings. The summed E-state index contributed by atoms with van der Waals surface area (Å²) in [6, 6.07) is 10.1. The molecule has 0 bridgehead atoms. The number of unbranched alkanes of at least 4 members (excludes halogenated alkanes) is 5. The number of carbonyl (C=O) groups is 2. The molecule has 0 saturated heterocycles. The Kier molecular flexibility index (Phi) is 9.13. The number of benzene rings is 1. The van der Waals surface area contributed by atoms with Crippen molar-refractivity contribution < 1.29 is 19.8 Å². The van der Waals surface area contributed by atoms with E-state index in [9.17, 15) is 19.8 Å². The molecule has 0 amide bonds. The Morgan fingerprint density at radius 1 is 0.833 bits per heavy atom. The van der Waals surface area contributed by atoms with Crippen LogP contribution in [0.5, 0.6) is 0 Å². The molecule has 0 unspecified atom stereocenters. The van der Waals surface area contributed by atoms with Crippen LogP contribution in [0.4, 0.5) is 0 Å². The molecule has 24 heavy (non-hydrogen) atoms. The first-order chi connectivity index (χ1) is 11.5. The van der Waals surface area contributed by atoms with Crippen LogP contribution >= 0.6 is 0 Å². The van der Waals surface area contributed by atoms with Gasteiger partial charge in [-0.25, -0.2) is 0 Å². The Balaban J connectivity index is 2.46. The molecule has 0 aliphatic heterocycles. The van der Waals surface area contributed by atoms with Crippen molar-refractivity contribution in [2.75, 3.05) is 0 Å². The first-order valence-corrected chi connectivity index (χ1v) is 9.03. The van der Waals surface area contributed by atoms with Gasteiger partial charge in [0.1, 0.15) is 0 Å². The number of aryl methyl sites for hydroxylation is 1. The SMILES string of the molecule is CCCCCCC(CCCCCc1ccccc1)(C(=O)O)C(=O)O. The van der Waals surface area contributed by atoms with Gasteiger partial charge in [-0.05, 0) is 31.2 Å². The molecule has 0 radical (unpaired) electrons. The first kappa shape index (κ1) is 20.2. The van der Waals surface area contributed by atoms with Crippen molar-refractivity contribution in [2.24, 2.45) is 5.41 Å². The highest BCUT2D eigenvalue weighted by Gasteiger charge is 2.45. The Morgan fingerprint density at radius 3 is 1.88 bits per heavy atom. The monoisotopic (exact) mass is 334 g/mol. The van der Waals surface area contributed by atoms with Gasteiger partial charge in [-0.15, -0.1) is 0 Å². The molecular formula is C20H30O4. The van der Waals surface area contributed by atoms with Crippen LogP contribution in [-0.2, 0) is 16.0 Å².